The molecular formula is C23H23FN4O4. The van der Waals surface area contributed by atoms with E-state index in [0.717, 1.165) is 5.56 Å². The number of benzene rings is 2. The molecule has 166 valence electrons. The Hall–Kier alpha value is -3.75. The maximum atomic E-state index is 13.6. The fourth-order valence-corrected chi connectivity index (χ4v) is 4.15. The molecule has 1 saturated heterocycles. The average Bonchev–Trinajstić information content (AvgIpc) is 3.04. The first-order valence-electron chi connectivity index (χ1n) is 10.4. The molecule has 0 radical (unpaired) electrons. The maximum Gasteiger partial charge on any atom is 0.322 e. The number of imide groups is 1. The first kappa shape index (κ1) is 21.5. The molecule has 4 rings (SSSR count). The summed E-state index contributed by atoms with van der Waals surface area (Å²) in [6, 6.07) is 12.3. The Kier molecular flexibility index (Phi) is 5.89. The summed E-state index contributed by atoms with van der Waals surface area (Å²) in [6.45, 7) is 0. The van der Waals surface area contributed by atoms with Crippen molar-refractivity contribution < 1.29 is 23.6 Å². The van der Waals surface area contributed by atoms with Gasteiger partial charge in [-0.2, -0.15) is 0 Å². The van der Waals surface area contributed by atoms with Crippen molar-refractivity contribution in [3.8, 4) is 0 Å². The van der Waals surface area contributed by atoms with E-state index in [1.807, 2.05) is 0 Å². The minimum Gasteiger partial charge on any atom is -0.326 e. The minimum atomic E-state index is -0.890. The van der Waals surface area contributed by atoms with Gasteiger partial charge in [-0.3, -0.25) is 19.7 Å². The predicted molar refractivity (Wildman–Crippen MR) is 115 cm³/mol. The summed E-state index contributed by atoms with van der Waals surface area (Å²) in [5.41, 5.74) is 0.559. The highest BCUT2D eigenvalue weighted by atomic mass is 19.1. The second-order valence-electron chi connectivity index (χ2n) is 8.16. The van der Waals surface area contributed by atoms with Gasteiger partial charge in [-0.1, -0.05) is 24.3 Å². The van der Waals surface area contributed by atoms with E-state index in [1.54, 1.807) is 36.4 Å². The molecule has 2 aliphatic rings. The normalized spacial score (nSPS) is 22.2. The zero-order chi connectivity index (χ0) is 22.7. The van der Waals surface area contributed by atoms with Gasteiger partial charge in [-0.05, 0) is 55.5 Å². The van der Waals surface area contributed by atoms with Gasteiger partial charge in [0.2, 0.25) is 11.8 Å². The quantitative estimate of drug-likeness (QED) is 0.537. The Labute approximate surface area is 184 Å². The number of hydrogen-bond acceptors (Lipinski definition) is 4. The van der Waals surface area contributed by atoms with Crippen LogP contribution in [0.1, 0.15) is 31.2 Å². The van der Waals surface area contributed by atoms with E-state index >= 15 is 0 Å². The lowest BCUT2D eigenvalue weighted by Crippen LogP contribution is -2.50. The van der Waals surface area contributed by atoms with Crippen molar-refractivity contribution in [1.82, 2.24) is 10.6 Å². The molecule has 1 heterocycles. The van der Waals surface area contributed by atoms with Crippen LogP contribution in [0.25, 0.3) is 0 Å². The van der Waals surface area contributed by atoms with Crippen LogP contribution in [0.5, 0.6) is 0 Å². The lowest BCUT2D eigenvalue weighted by molar-refractivity contribution is -0.128. The van der Waals surface area contributed by atoms with Crippen molar-refractivity contribution in [2.45, 2.75) is 37.6 Å². The SMILES string of the molecule is O=C(Cc1ccc(NC(=O)C2CCC3(CC2)NC(=O)NC3=O)cc1)Nc1ccccc1F. The molecule has 0 atom stereocenters. The molecular weight excluding hydrogens is 415 g/mol. The molecule has 1 aliphatic carbocycles. The average molecular weight is 438 g/mol. The van der Waals surface area contributed by atoms with Crippen LogP contribution < -0.4 is 21.3 Å². The second-order valence-corrected chi connectivity index (χ2v) is 8.16. The Morgan fingerprint density at radius 3 is 2.31 bits per heavy atom. The molecule has 1 aliphatic heterocycles. The summed E-state index contributed by atoms with van der Waals surface area (Å²) in [5, 5.41) is 10.3. The van der Waals surface area contributed by atoms with Gasteiger partial charge in [0.1, 0.15) is 11.4 Å². The van der Waals surface area contributed by atoms with Crippen LogP contribution in [0.2, 0.25) is 0 Å². The molecule has 2 aromatic carbocycles. The smallest absolute Gasteiger partial charge is 0.322 e. The lowest BCUT2D eigenvalue weighted by Gasteiger charge is -2.33. The number of hydrogen-bond donors (Lipinski definition) is 4. The van der Waals surface area contributed by atoms with Gasteiger partial charge in [-0.25, -0.2) is 9.18 Å². The van der Waals surface area contributed by atoms with E-state index in [4.69, 9.17) is 0 Å². The minimum absolute atomic E-state index is 0.0705. The molecule has 9 heteroatoms. The summed E-state index contributed by atoms with van der Waals surface area (Å²) in [4.78, 5) is 48.2. The second kappa shape index (κ2) is 8.78. The van der Waals surface area contributed by atoms with Crippen LogP contribution in [-0.2, 0) is 20.8 Å². The topological polar surface area (TPSA) is 116 Å². The Bertz CT molecular complexity index is 1060. The Morgan fingerprint density at radius 2 is 1.69 bits per heavy atom. The van der Waals surface area contributed by atoms with Gasteiger partial charge < -0.3 is 16.0 Å². The standard InChI is InChI=1S/C23H23FN4O4/c24-17-3-1-2-4-18(17)26-19(29)13-14-5-7-16(8-6-14)25-20(30)15-9-11-23(12-10-15)21(31)27-22(32)28-23/h1-8,15H,9-13H2,(H,25,30)(H,26,29)(H2,27,28,31,32). The highest BCUT2D eigenvalue weighted by Crippen LogP contribution is 2.34. The van der Waals surface area contributed by atoms with Gasteiger partial charge in [0.05, 0.1) is 12.1 Å². The van der Waals surface area contributed by atoms with Crippen LogP contribution in [0.3, 0.4) is 0 Å². The number of carbonyl (C=O) groups excluding carboxylic acids is 4. The number of carbonyl (C=O) groups is 4. The van der Waals surface area contributed by atoms with Crippen LogP contribution in [-0.4, -0.2) is 29.3 Å². The number of nitrogens with one attached hydrogen (secondary N) is 4. The van der Waals surface area contributed by atoms with Crippen molar-refractivity contribution in [1.29, 1.82) is 0 Å². The van der Waals surface area contributed by atoms with Crippen LogP contribution >= 0.6 is 0 Å². The van der Waals surface area contributed by atoms with Gasteiger partial charge in [0.15, 0.2) is 0 Å². The largest absolute Gasteiger partial charge is 0.326 e. The van der Waals surface area contributed by atoms with E-state index in [1.165, 1.54) is 12.1 Å². The van der Waals surface area contributed by atoms with Crippen LogP contribution in [0, 0.1) is 11.7 Å². The predicted octanol–water partition coefficient (Wildman–Crippen LogP) is 2.71. The number of rotatable bonds is 5. The van der Waals surface area contributed by atoms with E-state index in [9.17, 15) is 23.6 Å². The van der Waals surface area contributed by atoms with Gasteiger partial charge in [0.25, 0.3) is 5.91 Å². The molecule has 2 aromatic rings. The van der Waals surface area contributed by atoms with E-state index in [-0.39, 0.29) is 35.7 Å². The summed E-state index contributed by atoms with van der Waals surface area (Å²) < 4.78 is 13.6. The molecule has 32 heavy (non-hydrogen) atoms. The van der Waals surface area contributed by atoms with E-state index in [0.29, 0.717) is 31.4 Å². The van der Waals surface area contributed by atoms with E-state index in [2.05, 4.69) is 21.3 Å². The summed E-state index contributed by atoms with van der Waals surface area (Å²) >= 11 is 0. The monoisotopic (exact) mass is 438 g/mol. The molecule has 0 unspecified atom stereocenters. The van der Waals surface area contributed by atoms with Gasteiger partial charge in [0, 0.05) is 11.6 Å². The summed E-state index contributed by atoms with van der Waals surface area (Å²) in [7, 11) is 0. The van der Waals surface area contributed by atoms with Crippen LogP contribution in [0.4, 0.5) is 20.6 Å². The third-order valence-corrected chi connectivity index (χ3v) is 5.96. The summed E-state index contributed by atoms with van der Waals surface area (Å²) in [5.74, 6) is -1.56. The molecule has 4 N–H and O–H groups in total. The molecule has 0 bridgehead atoms. The lowest BCUT2D eigenvalue weighted by atomic mass is 9.76. The Morgan fingerprint density at radius 1 is 1.00 bits per heavy atom. The Balaban J connectivity index is 1.28. The number of halogens is 1. The number of urea groups is 1. The first-order chi connectivity index (χ1) is 15.3. The fraction of sp³-hybridized carbons (Fsp3) is 0.304. The molecule has 1 spiro atoms. The van der Waals surface area contributed by atoms with Crippen molar-refractivity contribution in [2.75, 3.05) is 10.6 Å². The number of anilines is 2. The molecule has 0 aromatic heterocycles. The van der Waals surface area contributed by atoms with Gasteiger partial charge in [-0.15, -0.1) is 0 Å². The van der Waals surface area contributed by atoms with Crippen molar-refractivity contribution in [3.05, 3.63) is 59.9 Å². The van der Waals surface area contributed by atoms with Gasteiger partial charge >= 0.3 is 6.03 Å². The molecule has 8 nitrogen and oxygen atoms in total. The van der Waals surface area contributed by atoms with Crippen LogP contribution in [0.15, 0.2) is 48.5 Å². The maximum absolute atomic E-state index is 13.6. The highest BCUT2D eigenvalue weighted by Gasteiger charge is 2.48. The molecule has 1 saturated carbocycles. The first-order valence-corrected chi connectivity index (χ1v) is 10.4. The van der Waals surface area contributed by atoms with E-state index < -0.39 is 17.4 Å². The van der Waals surface area contributed by atoms with Crippen molar-refractivity contribution in [2.24, 2.45) is 5.92 Å². The third-order valence-electron chi connectivity index (χ3n) is 5.96. The van der Waals surface area contributed by atoms with Crippen molar-refractivity contribution >= 4 is 35.1 Å². The fourth-order valence-electron chi connectivity index (χ4n) is 4.15. The molecule has 5 amide bonds. The number of para-hydroxylation sites is 1. The zero-order valence-corrected chi connectivity index (χ0v) is 17.2. The highest BCUT2D eigenvalue weighted by molar-refractivity contribution is 6.07. The third kappa shape index (κ3) is 4.61. The van der Waals surface area contributed by atoms with Crippen molar-refractivity contribution in [3.63, 3.8) is 0 Å². The number of amides is 5. The molecule has 2 fully saturated rings. The summed E-state index contributed by atoms with van der Waals surface area (Å²) in [6.07, 6.45) is 1.89. The zero-order valence-electron chi connectivity index (χ0n) is 17.2.